The van der Waals surface area contributed by atoms with Gasteiger partial charge < -0.3 is 14.7 Å². The molecule has 0 aliphatic rings. The highest BCUT2D eigenvalue weighted by molar-refractivity contribution is 7.22. The van der Waals surface area contributed by atoms with E-state index < -0.39 is 5.97 Å². The molecular formula is C12H7NO4S. The Morgan fingerprint density at radius 2 is 2.22 bits per heavy atom. The first-order chi connectivity index (χ1) is 8.66. The number of hydrogen-bond donors (Lipinski definition) is 2. The maximum atomic E-state index is 11.0. The lowest BCUT2D eigenvalue weighted by Gasteiger charge is -1.91. The summed E-state index contributed by atoms with van der Waals surface area (Å²) >= 11 is 1.34. The number of fused-ring (bicyclic) bond motifs is 1. The smallest absolute Gasteiger partial charge is 0.341 e. The lowest BCUT2D eigenvalue weighted by molar-refractivity contribution is 0.0697. The minimum atomic E-state index is -1.09. The van der Waals surface area contributed by atoms with Crippen molar-refractivity contribution < 1.29 is 19.5 Å². The van der Waals surface area contributed by atoms with Crippen molar-refractivity contribution in [1.82, 2.24) is 5.16 Å². The molecule has 0 atom stereocenters. The quantitative estimate of drug-likeness (QED) is 0.741. The van der Waals surface area contributed by atoms with Gasteiger partial charge in [0, 0.05) is 10.1 Å². The highest BCUT2D eigenvalue weighted by atomic mass is 32.1. The molecule has 18 heavy (non-hydrogen) atoms. The summed E-state index contributed by atoms with van der Waals surface area (Å²) < 4.78 is 5.84. The monoisotopic (exact) mass is 261 g/mol. The normalized spacial score (nSPS) is 10.9. The summed E-state index contributed by atoms with van der Waals surface area (Å²) in [6, 6.07) is 6.86. The molecule has 5 nitrogen and oxygen atoms in total. The number of aromatic hydroxyl groups is 1. The summed E-state index contributed by atoms with van der Waals surface area (Å²) in [4.78, 5) is 11.6. The zero-order chi connectivity index (χ0) is 12.7. The highest BCUT2D eigenvalue weighted by Gasteiger charge is 2.19. The van der Waals surface area contributed by atoms with Crippen molar-refractivity contribution in [3.05, 3.63) is 36.0 Å². The summed E-state index contributed by atoms with van der Waals surface area (Å²) in [6.07, 6.45) is 1.17. The van der Waals surface area contributed by atoms with Crippen LogP contribution in [0.2, 0.25) is 0 Å². The van der Waals surface area contributed by atoms with Gasteiger partial charge in [-0.05, 0) is 18.2 Å². The molecule has 0 bridgehead atoms. The average molecular weight is 261 g/mol. The van der Waals surface area contributed by atoms with Crippen LogP contribution in [-0.2, 0) is 0 Å². The molecule has 90 valence electrons. The molecule has 0 radical (unpaired) electrons. The van der Waals surface area contributed by atoms with Gasteiger partial charge >= 0.3 is 5.97 Å². The predicted molar refractivity (Wildman–Crippen MR) is 65.9 cm³/mol. The third kappa shape index (κ3) is 1.54. The van der Waals surface area contributed by atoms with Gasteiger partial charge in [-0.2, -0.15) is 0 Å². The Labute approximate surface area is 105 Å². The number of benzene rings is 1. The SMILES string of the molecule is O=C(O)c1cnoc1-c1cc2c(O)cccc2s1. The van der Waals surface area contributed by atoms with Gasteiger partial charge in [0.25, 0.3) is 0 Å². The van der Waals surface area contributed by atoms with E-state index in [0.717, 1.165) is 4.70 Å². The molecule has 0 aliphatic heterocycles. The van der Waals surface area contributed by atoms with Crippen molar-refractivity contribution >= 4 is 27.4 Å². The van der Waals surface area contributed by atoms with E-state index in [4.69, 9.17) is 9.63 Å². The molecule has 0 aliphatic carbocycles. The Hall–Kier alpha value is -2.34. The van der Waals surface area contributed by atoms with Gasteiger partial charge in [0.1, 0.15) is 11.3 Å². The number of carboxylic acids is 1. The molecule has 0 saturated heterocycles. The Kier molecular flexibility index (Phi) is 2.31. The Morgan fingerprint density at radius 3 is 2.94 bits per heavy atom. The van der Waals surface area contributed by atoms with Gasteiger partial charge in [0.15, 0.2) is 5.76 Å². The van der Waals surface area contributed by atoms with Crippen molar-refractivity contribution in [3.8, 4) is 16.4 Å². The van der Waals surface area contributed by atoms with Gasteiger partial charge in [0.05, 0.1) is 11.1 Å². The fraction of sp³-hybridized carbons (Fsp3) is 0. The predicted octanol–water partition coefficient (Wildman–Crippen LogP) is 2.96. The number of phenols is 1. The maximum Gasteiger partial charge on any atom is 0.341 e. The van der Waals surface area contributed by atoms with E-state index in [9.17, 15) is 9.90 Å². The number of aromatic carboxylic acids is 1. The number of carbonyl (C=O) groups is 1. The standard InChI is InChI=1S/C12H7NO4S/c14-8-2-1-3-9-6(8)4-10(18-9)11-7(12(15)16)5-13-17-11/h1-5,14H,(H,15,16). The van der Waals surface area contributed by atoms with Crippen LogP contribution in [0.5, 0.6) is 5.75 Å². The van der Waals surface area contributed by atoms with E-state index in [2.05, 4.69) is 5.16 Å². The Morgan fingerprint density at radius 1 is 1.39 bits per heavy atom. The zero-order valence-corrected chi connectivity index (χ0v) is 9.77. The van der Waals surface area contributed by atoms with Crippen LogP contribution in [0.3, 0.4) is 0 Å². The third-order valence-corrected chi connectivity index (χ3v) is 3.66. The number of hydrogen-bond acceptors (Lipinski definition) is 5. The Balaban J connectivity index is 2.23. The first-order valence-electron chi connectivity index (χ1n) is 5.06. The molecule has 2 N–H and O–H groups in total. The number of aromatic nitrogens is 1. The van der Waals surface area contributed by atoms with Crippen LogP contribution in [-0.4, -0.2) is 21.3 Å². The number of phenolic OH excluding ortho intramolecular Hbond substituents is 1. The van der Waals surface area contributed by atoms with Crippen molar-refractivity contribution in [2.75, 3.05) is 0 Å². The van der Waals surface area contributed by atoms with Crippen LogP contribution in [0.1, 0.15) is 10.4 Å². The fourth-order valence-electron chi connectivity index (χ4n) is 1.73. The second-order valence-electron chi connectivity index (χ2n) is 3.67. The minimum Gasteiger partial charge on any atom is -0.507 e. The number of carboxylic acid groups (broad SMARTS) is 1. The maximum absolute atomic E-state index is 11.0. The topological polar surface area (TPSA) is 83.6 Å². The molecule has 0 amide bonds. The largest absolute Gasteiger partial charge is 0.507 e. The van der Waals surface area contributed by atoms with Crippen molar-refractivity contribution in [1.29, 1.82) is 0 Å². The summed E-state index contributed by atoms with van der Waals surface area (Å²) in [5, 5.41) is 22.9. The van der Waals surface area contributed by atoms with E-state index in [0.29, 0.717) is 10.3 Å². The van der Waals surface area contributed by atoms with Gasteiger partial charge in [-0.15, -0.1) is 11.3 Å². The average Bonchev–Trinajstić information content (AvgIpc) is 2.95. The molecule has 0 saturated carbocycles. The van der Waals surface area contributed by atoms with Crippen LogP contribution in [0.15, 0.2) is 35.0 Å². The second kappa shape index (κ2) is 3.85. The van der Waals surface area contributed by atoms with Crippen molar-refractivity contribution in [2.45, 2.75) is 0 Å². The van der Waals surface area contributed by atoms with E-state index in [-0.39, 0.29) is 17.1 Å². The minimum absolute atomic E-state index is 0.0149. The van der Waals surface area contributed by atoms with E-state index in [1.54, 1.807) is 18.2 Å². The van der Waals surface area contributed by atoms with E-state index in [1.807, 2.05) is 6.07 Å². The van der Waals surface area contributed by atoms with Crippen LogP contribution in [0.4, 0.5) is 0 Å². The highest BCUT2D eigenvalue weighted by Crippen LogP contribution is 2.38. The van der Waals surface area contributed by atoms with E-state index in [1.165, 1.54) is 17.5 Å². The van der Waals surface area contributed by atoms with Crippen LogP contribution >= 0.6 is 11.3 Å². The summed E-state index contributed by atoms with van der Waals surface area (Å²) in [5.74, 6) is -0.720. The molecular weight excluding hydrogens is 254 g/mol. The summed E-state index contributed by atoms with van der Waals surface area (Å²) in [6.45, 7) is 0. The number of rotatable bonds is 2. The summed E-state index contributed by atoms with van der Waals surface area (Å²) in [7, 11) is 0. The zero-order valence-electron chi connectivity index (χ0n) is 8.95. The summed E-state index contributed by atoms with van der Waals surface area (Å²) in [5.41, 5.74) is 0.0149. The van der Waals surface area contributed by atoms with Gasteiger partial charge in [0.2, 0.25) is 0 Å². The third-order valence-electron chi connectivity index (χ3n) is 2.56. The molecule has 1 aromatic carbocycles. The molecule has 0 fully saturated rings. The van der Waals surface area contributed by atoms with Gasteiger partial charge in [-0.3, -0.25) is 0 Å². The van der Waals surface area contributed by atoms with Crippen molar-refractivity contribution in [2.24, 2.45) is 0 Å². The second-order valence-corrected chi connectivity index (χ2v) is 4.76. The fourth-order valence-corrected chi connectivity index (χ4v) is 2.80. The first kappa shape index (κ1) is 10.8. The molecule has 2 heterocycles. The van der Waals surface area contributed by atoms with Crippen molar-refractivity contribution in [3.63, 3.8) is 0 Å². The molecule has 2 aromatic heterocycles. The van der Waals surface area contributed by atoms with Gasteiger partial charge in [-0.25, -0.2) is 4.79 Å². The van der Waals surface area contributed by atoms with Crippen LogP contribution < -0.4 is 0 Å². The molecule has 3 aromatic rings. The Bertz CT molecular complexity index is 743. The van der Waals surface area contributed by atoms with Gasteiger partial charge in [-0.1, -0.05) is 11.2 Å². The van der Waals surface area contributed by atoms with E-state index >= 15 is 0 Å². The molecule has 0 spiro atoms. The lowest BCUT2D eigenvalue weighted by atomic mass is 10.2. The number of thiophene rings is 1. The molecule has 0 unspecified atom stereocenters. The molecule has 6 heteroatoms. The number of nitrogens with zero attached hydrogens (tertiary/aromatic N) is 1. The lowest BCUT2D eigenvalue weighted by Crippen LogP contribution is -1.94. The van der Waals surface area contributed by atoms with Crippen LogP contribution in [0.25, 0.3) is 20.7 Å². The molecule has 3 rings (SSSR count). The first-order valence-corrected chi connectivity index (χ1v) is 5.88. The van der Waals surface area contributed by atoms with Crippen LogP contribution in [0, 0.1) is 0 Å².